The number of aromatic nitrogens is 3. The third-order valence-electron chi connectivity index (χ3n) is 11.7. The van der Waals surface area contributed by atoms with Crippen LogP contribution in [-0.2, 0) is 34.0 Å². The standard InChI is InChI=1S/C45H48N8O10/c1-6-46-43(58)41-50-49-40(30-17-29(23(2)3)34(54)18-35(30)55)53(41)27-11-10-25-20-51(21-26(25)16-27)19-24-14-36(61-4)39(37(15-24)62-5)63-45(60)47-32-9-7-8-28-31(32)22-52(44(28)59)33-12-13-38(56)48-42(33)57/h9-11,14-18,23,33,54-55H,6-8,12-13,19-22H2,1-5H3,(H,46,58)(H,47,60)(H,48,56,57). The van der Waals surface area contributed by atoms with E-state index >= 15 is 0 Å². The van der Waals surface area contributed by atoms with Crippen LogP contribution in [0.4, 0.5) is 4.79 Å². The van der Waals surface area contributed by atoms with Crippen LogP contribution in [0.25, 0.3) is 17.1 Å². The number of amides is 5. The van der Waals surface area contributed by atoms with Gasteiger partial charge in [-0.15, -0.1) is 10.2 Å². The molecule has 1 saturated heterocycles. The monoisotopic (exact) mass is 860 g/mol. The number of imide groups is 1. The molecule has 328 valence electrons. The van der Waals surface area contributed by atoms with E-state index in [-0.39, 0.29) is 77.5 Å². The number of rotatable bonds is 12. The first kappa shape index (κ1) is 42.5. The van der Waals surface area contributed by atoms with Crippen LogP contribution in [0, 0.1) is 0 Å². The number of nitrogens with one attached hydrogen (secondary N) is 3. The molecule has 4 heterocycles. The summed E-state index contributed by atoms with van der Waals surface area (Å²) in [7, 11) is 2.92. The van der Waals surface area contributed by atoms with Crippen molar-refractivity contribution in [1.29, 1.82) is 0 Å². The van der Waals surface area contributed by atoms with Crippen molar-refractivity contribution in [1.82, 2.24) is 40.5 Å². The summed E-state index contributed by atoms with van der Waals surface area (Å²) in [6, 6.07) is 11.5. The summed E-state index contributed by atoms with van der Waals surface area (Å²) < 4.78 is 18.8. The van der Waals surface area contributed by atoms with E-state index in [0.29, 0.717) is 72.7 Å². The second-order valence-corrected chi connectivity index (χ2v) is 16.1. The van der Waals surface area contributed by atoms with Crippen LogP contribution in [0.1, 0.15) is 85.2 Å². The zero-order valence-electron chi connectivity index (χ0n) is 35.5. The topological polar surface area (TPSA) is 227 Å². The van der Waals surface area contributed by atoms with Gasteiger partial charge in [0.2, 0.25) is 23.4 Å². The number of piperidine rings is 1. The third kappa shape index (κ3) is 8.16. The van der Waals surface area contributed by atoms with Crippen molar-refractivity contribution >= 4 is 29.7 Å². The molecule has 8 rings (SSSR count). The van der Waals surface area contributed by atoms with Crippen LogP contribution in [-0.4, -0.2) is 97.9 Å². The molecule has 4 aliphatic rings. The van der Waals surface area contributed by atoms with Crippen LogP contribution in [0.5, 0.6) is 28.7 Å². The second-order valence-electron chi connectivity index (χ2n) is 16.1. The molecular weight excluding hydrogens is 813 g/mol. The van der Waals surface area contributed by atoms with Crippen molar-refractivity contribution in [3.63, 3.8) is 0 Å². The van der Waals surface area contributed by atoms with Gasteiger partial charge in [-0.1, -0.05) is 26.0 Å². The van der Waals surface area contributed by atoms with E-state index in [4.69, 9.17) is 14.2 Å². The van der Waals surface area contributed by atoms with Gasteiger partial charge >= 0.3 is 6.09 Å². The molecule has 4 aromatic rings. The second kappa shape index (κ2) is 17.3. The number of nitrogens with zero attached hydrogens (tertiary/aromatic N) is 5. The Morgan fingerprint density at radius 1 is 0.921 bits per heavy atom. The maximum atomic E-state index is 13.5. The first-order valence-electron chi connectivity index (χ1n) is 20.7. The van der Waals surface area contributed by atoms with Crippen LogP contribution >= 0.6 is 0 Å². The minimum Gasteiger partial charge on any atom is -0.508 e. The van der Waals surface area contributed by atoms with E-state index in [1.165, 1.54) is 25.2 Å². The predicted octanol–water partition coefficient (Wildman–Crippen LogP) is 4.46. The number of phenols is 2. The lowest BCUT2D eigenvalue weighted by Crippen LogP contribution is -2.53. The molecule has 1 unspecified atom stereocenters. The molecule has 0 spiro atoms. The van der Waals surface area contributed by atoms with Crippen molar-refractivity contribution in [2.45, 2.75) is 78.0 Å². The lowest BCUT2D eigenvalue weighted by Gasteiger charge is -2.30. The molecule has 3 aliphatic heterocycles. The highest BCUT2D eigenvalue weighted by Gasteiger charge is 2.42. The molecule has 1 aromatic heterocycles. The number of hydrogen-bond acceptors (Lipinski definition) is 13. The van der Waals surface area contributed by atoms with Crippen molar-refractivity contribution < 1.29 is 48.4 Å². The number of fused-ring (bicyclic) bond motifs is 1. The van der Waals surface area contributed by atoms with Gasteiger partial charge in [0.05, 0.1) is 19.8 Å². The van der Waals surface area contributed by atoms with E-state index in [1.54, 1.807) is 29.7 Å². The molecule has 63 heavy (non-hydrogen) atoms. The van der Waals surface area contributed by atoms with Gasteiger partial charge < -0.3 is 34.6 Å². The largest absolute Gasteiger partial charge is 0.508 e. The van der Waals surface area contributed by atoms with E-state index in [9.17, 15) is 34.2 Å². The van der Waals surface area contributed by atoms with Gasteiger partial charge in [-0.3, -0.25) is 39.3 Å². The highest BCUT2D eigenvalue weighted by Crippen LogP contribution is 2.42. The average molecular weight is 861 g/mol. The van der Waals surface area contributed by atoms with Crippen molar-refractivity contribution in [2.75, 3.05) is 27.3 Å². The summed E-state index contributed by atoms with van der Waals surface area (Å²) in [6.45, 7) is 7.74. The first-order chi connectivity index (χ1) is 30.3. The Morgan fingerprint density at radius 2 is 1.67 bits per heavy atom. The third-order valence-corrected chi connectivity index (χ3v) is 11.7. The SMILES string of the molecule is CCNC(=O)c1nnc(-c2cc(C(C)C)c(O)cc2O)n1-c1ccc2c(c1)CN(Cc1cc(OC)c(OC(=O)NC3=CCCC4=C3CN(C3CCC(=O)NC3=O)C4=O)c(OC)c1)C2. The van der Waals surface area contributed by atoms with Gasteiger partial charge in [0.15, 0.2) is 17.3 Å². The molecule has 1 aliphatic carbocycles. The number of phenolic OH excluding ortho intramolecular Hbond substituents is 2. The minimum absolute atomic E-state index is 0.0396. The molecule has 5 N–H and O–H groups in total. The fraction of sp³-hybridized carbons (Fsp3) is 0.356. The summed E-state index contributed by atoms with van der Waals surface area (Å²) >= 11 is 0. The lowest BCUT2D eigenvalue weighted by atomic mass is 9.97. The Hall–Kier alpha value is -7.21. The maximum absolute atomic E-state index is 13.5. The summed E-state index contributed by atoms with van der Waals surface area (Å²) in [6.07, 6.45) is 2.30. The maximum Gasteiger partial charge on any atom is 0.417 e. The van der Waals surface area contributed by atoms with Gasteiger partial charge in [-0.25, -0.2) is 4.79 Å². The minimum atomic E-state index is -0.829. The molecule has 5 amide bonds. The zero-order chi connectivity index (χ0) is 44.7. The smallest absolute Gasteiger partial charge is 0.417 e. The van der Waals surface area contributed by atoms with E-state index in [2.05, 4.69) is 31.0 Å². The quantitative estimate of drug-likeness (QED) is 0.124. The number of hydrogen-bond donors (Lipinski definition) is 5. The van der Waals surface area contributed by atoms with Gasteiger partial charge in [-0.05, 0) is 84.7 Å². The molecule has 3 aromatic carbocycles. The Kier molecular flexibility index (Phi) is 11.6. The van der Waals surface area contributed by atoms with Crippen molar-refractivity contribution in [2.24, 2.45) is 0 Å². The normalized spacial score (nSPS) is 17.4. The van der Waals surface area contributed by atoms with Gasteiger partial charge in [0.1, 0.15) is 17.5 Å². The number of aromatic hydroxyl groups is 2. The summed E-state index contributed by atoms with van der Waals surface area (Å²) in [5, 5.41) is 38.0. The Balaban J connectivity index is 0.985. The van der Waals surface area contributed by atoms with E-state index in [0.717, 1.165) is 16.7 Å². The molecule has 0 radical (unpaired) electrons. The highest BCUT2D eigenvalue weighted by molar-refractivity contribution is 6.05. The Bertz CT molecular complexity index is 2610. The lowest BCUT2D eigenvalue weighted by molar-refractivity contribution is -0.142. The fourth-order valence-corrected chi connectivity index (χ4v) is 8.63. The van der Waals surface area contributed by atoms with E-state index < -0.39 is 23.9 Å². The fourth-order valence-electron chi connectivity index (χ4n) is 8.63. The van der Waals surface area contributed by atoms with E-state index in [1.807, 2.05) is 38.1 Å². The number of allylic oxidation sites excluding steroid dienone is 1. The van der Waals surface area contributed by atoms with Gasteiger partial charge in [-0.2, -0.15) is 0 Å². The molecule has 1 fully saturated rings. The number of methoxy groups -OCH3 is 2. The van der Waals surface area contributed by atoms with Gasteiger partial charge in [0.25, 0.3) is 11.8 Å². The van der Waals surface area contributed by atoms with Gasteiger partial charge in [0, 0.05) is 67.7 Å². The molecule has 18 nitrogen and oxygen atoms in total. The molecule has 0 bridgehead atoms. The highest BCUT2D eigenvalue weighted by atomic mass is 16.6. The van der Waals surface area contributed by atoms with Crippen LogP contribution in [0.2, 0.25) is 0 Å². The zero-order valence-corrected chi connectivity index (χ0v) is 35.5. The van der Waals surface area contributed by atoms with Crippen LogP contribution < -0.4 is 30.2 Å². The molecule has 0 saturated carbocycles. The van der Waals surface area contributed by atoms with Crippen molar-refractivity contribution in [3.8, 4) is 45.8 Å². The average Bonchev–Trinajstić information content (AvgIpc) is 3.96. The number of ether oxygens (including phenoxy) is 3. The van der Waals surface area contributed by atoms with Crippen molar-refractivity contribution in [3.05, 3.63) is 93.5 Å². The number of benzene rings is 3. The Morgan fingerprint density at radius 3 is 2.37 bits per heavy atom. The summed E-state index contributed by atoms with van der Waals surface area (Å²) in [4.78, 5) is 68.0. The summed E-state index contributed by atoms with van der Waals surface area (Å²) in [5.74, 6) is -1.06. The number of carbonyl (C=O) groups excluding carboxylic acids is 5. The first-order valence-corrected chi connectivity index (χ1v) is 20.7. The summed E-state index contributed by atoms with van der Waals surface area (Å²) in [5.41, 5.74) is 5.94. The van der Waals surface area contributed by atoms with Crippen LogP contribution in [0.15, 0.2) is 65.4 Å². The Labute approximate surface area is 362 Å². The van der Waals surface area contributed by atoms with Crippen LogP contribution in [0.3, 0.4) is 0 Å². The molecule has 1 atom stereocenters. The number of carbonyl (C=O) groups is 5. The predicted molar refractivity (Wildman–Crippen MR) is 226 cm³/mol. The molecular formula is C45H48N8O10. The molecule has 18 heteroatoms.